The number of carboxylic acids is 1. The van der Waals surface area contributed by atoms with Crippen LogP contribution in [0.5, 0.6) is 0 Å². The van der Waals surface area contributed by atoms with Gasteiger partial charge in [-0.25, -0.2) is 4.79 Å². The summed E-state index contributed by atoms with van der Waals surface area (Å²) in [4.78, 5) is 25.5. The zero-order valence-corrected chi connectivity index (χ0v) is 14.2. The van der Waals surface area contributed by atoms with E-state index in [1.807, 2.05) is 4.90 Å². The Morgan fingerprint density at radius 1 is 1.21 bits per heavy atom. The molecule has 1 aromatic carbocycles. The van der Waals surface area contributed by atoms with E-state index in [0.717, 1.165) is 44.6 Å². The number of carboxylic acid groups (broad SMARTS) is 1. The fourth-order valence-corrected chi connectivity index (χ4v) is 4.07. The van der Waals surface area contributed by atoms with Crippen molar-refractivity contribution in [3.05, 3.63) is 35.4 Å². The van der Waals surface area contributed by atoms with Gasteiger partial charge in [0.25, 0.3) is 0 Å². The summed E-state index contributed by atoms with van der Waals surface area (Å²) in [5.41, 5.74) is 1.53. The molecule has 1 aromatic rings. The lowest BCUT2D eigenvalue weighted by atomic mass is 9.74. The Hall–Kier alpha value is -1.88. The molecule has 2 saturated heterocycles. The molecule has 0 aliphatic carbocycles. The molecular formula is C19H25NO4. The first-order valence-corrected chi connectivity index (χ1v) is 8.71. The maximum atomic E-state index is 12.6. The Balaban J connectivity index is 1.56. The molecule has 1 amide bonds. The van der Waals surface area contributed by atoms with Crippen LogP contribution in [0, 0.1) is 5.41 Å². The molecule has 0 saturated carbocycles. The first kappa shape index (κ1) is 17.0. The molecule has 3 rings (SSSR count). The van der Waals surface area contributed by atoms with Crippen LogP contribution in [0.2, 0.25) is 0 Å². The van der Waals surface area contributed by atoms with Gasteiger partial charge in [0, 0.05) is 32.2 Å². The molecule has 2 fully saturated rings. The molecule has 1 atom stereocenters. The van der Waals surface area contributed by atoms with Crippen LogP contribution < -0.4 is 0 Å². The summed E-state index contributed by atoms with van der Waals surface area (Å²) in [5.74, 6) is -0.724. The van der Waals surface area contributed by atoms with Crippen molar-refractivity contribution >= 4 is 11.9 Å². The van der Waals surface area contributed by atoms with Crippen LogP contribution >= 0.6 is 0 Å². The number of ether oxygens (including phenoxy) is 1. The number of likely N-dealkylation sites (tertiary alicyclic amines) is 1. The molecular weight excluding hydrogens is 306 g/mol. The number of amides is 1. The number of hydrogen-bond acceptors (Lipinski definition) is 3. The standard InChI is InChI=1S/C19H25NO4/c1-14-19(9-12-24-13-10-19)8-11-20(14)17(21)7-4-15-2-5-16(6-3-15)18(22)23/h2-3,5-6,14H,4,7-13H2,1H3,(H,22,23)/t14-/m1/s1. The molecule has 1 N–H and O–H groups in total. The number of rotatable bonds is 4. The highest BCUT2D eigenvalue weighted by atomic mass is 16.5. The van der Waals surface area contributed by atoms with E-state index in [9.17, 15) is 9.59 Å². The van der Waals surface area contributed by atoms with E-state index in [0.29, 0.717) is 12.8 Å². The zero-order chi connectivity index (χ0) is 17.2. The van der Waals surface area contributed by atoms with Gasteiger partial charge in [-0.05, 0) is 55.7 Å². The van der Waals surface area contributed by atoms with Crippen molar-refractivity contribution < 1.29 is 19.4 Å². The second-order valence-electron chi connectivity index (χ2n) is 6.99. The minimum Gasteiger partial charge on any atom is -0.478 e. The highest BCUT2D eigenvalue weighted by molar-refractivity contribution is 5.87. The van der Waals surface area contributed by atoms with E-state index in [4.69, 9.17) is 9.84 Å². The monoisotopic (exact) mass is 331 g/mol. The lowest BCUT2D eigenvalue weighted by molar-refractivity contribution is -0.133. The third-order valence-corrected chi connectivity index (χ3v) is 5.84. The van der Waals surface area contributed by atoms with Crippen LogP contribution in [0.1, 0.15) is 48.5 Å². The molecule has 2 heterocycles. The van der Waals surface area contributed by atoms with Crippen molar-refractivity contribution in [3.8, 4) is 0 Å². The molecule has 0 aromatic heterocycles. The first-order chi connectivity index (χ1) is 11.5. The Labute approximate surface area is 142 Å². The van der Waals surface area contributed by atoms with Gasteiger partial charge >= 0.3 is 5.97 Å². The number of hydrogen-bond donors (Lipinski definition) is 1. The van der Waals surface area contributed by atoms with Gasteiger partial charge in [0.15, 0.2) is 0 Å². The van der Waals surface area contributed by atoms with E-state index in [1.165, 1.54) is 0 Å². The van der Waals surface area contributed by atoms with Crippen LogP contribution in [0.15, 0.2) is 24.3 Å². The minimum absolute atomic E-state index is 0.202. The van der Waals surface area contributed by atoms with Gasteiger partial charge in [0.05, 0.1) is 5.56 Å². The maximum Gasteiger partial charge on any atom is 0.335 e. The van der Waals surface area contributed by atoms with Gasteiger partial charge < -0.3 is 14.7 Å². The van der Waals surface area contributed by atoms with Gasteiger partial charge in [0.1, 0.15) is 0 Å². The first-order valence-electron chi connectivity index (χ1n) is 8.71. The normalized spacial score (nSPS) is 22.7. The molecule has 5 nitrogen and oxygen atoms in total. The van der Waals surface area contributed by atoms with Gasteiger partial charge in [-0.15, -0.1) is 0 Å². The largest absolute Gasteiger partial charge is 0.478 e. The predicted molar refractivity (Wildman–Crippen MR) is 90.0 cm³/mol. The molecule has 130 valence electrons. The smallest absolute Gasteiger partial charge is 0.335 e. The quantitative estimate of drug-likeness (QED) is 0.921. The Morgan fingerprint density at radius 3 is 2.50 bits per heavy atom. The SMILES string of the molecule is C[C@H]1N(C(=O)CCc2ccc(C(=O)O)cc2)CCC12CCOCC2. The molecule has 0 bridgehead atoms. The Morgan fingerprint density at radius 2 is 1.88 bits per heavy atom. The van der Waals surface area contributed by atoms with Crippen molar-refractivity contribution in [2.45, 2.75) is 45.1 Å². The maximum absolute atomic E-state index is 12.6. The summed E-state index contributed by atoms with van der Waals surface area (Å²) >= 11 is 0. The topological polar surface area (TPSA) is 66.8 Å². The minimum atomic E-state index is -0.926. The number of benzene rings is 1. The second-order valence-corrected chi connectivity index (χ2v) is 6.99. The van der Waals surface area contributed by atoms with E-state index in [-0.39, 0.29) is 22.9 Å². The van der Waals surface area contributed by atoms with Crippen LogP contribution in [-0.2, 0) is 16.0 Å². The van der Waals surface area contributed by atoms with Gasteiger partial charge in [-0.3, -0.25) is 4.79 Å². The molecule has 24 heavy (non-hydrogen) atoms. The average molecular weight is 331 g/mol. The number of carbonyl (C=O) groups excluding carboxylic acids is 1. The fraction of sp³-hybridized carbons (Fsp3) is 0.579. The Bertz CT molecular complexity index is 604. The van der Waals surface area contributed by atoms with E-state index in [2.05, 4.69) is 6.92 Å². The zero-order valence-electron chi connectivity index (χ0n) is 14.2. The second kappa shape index (κ2) is 6.93. The lowest BCUT2D eigenvalue weighted by Crippen LogP contribution is -2.43. The summed E-state index contributed by atoms with van der Waals surface area (Å²) < 4.78 is 5.49. The van der Waals surface area contributed by atoms with Crippen molar-refractivity contribution in [1.82, 2.24) is 4.90 Å². The van der Waals surface area contributed by atoms with Crippen LogP contribution in [-0.4, -0.2) is 47.7 Å². The van der Waals surface area contributed by atoms with Gasteiger partial charge in [-0.1, -0.05) is 12.1 Å². The van der Waals surface area contributed by atoms with Crippen LogP contribution in [0.25, 0.3) is 0 Å². The van der Waals surface area contributed by atoms with Gasteiger partial charge in [-0.2, -0.15) is 0 Å². The summed E-state index contributed by atoms with van der Waals surface area (Å²) in [6, 6.07) is 7.06. The summed E-state index contributed by atoms with van der Waals surface area (Å²) in [5, 5.41) is 8.92. The van der Waals surface area contributed by atoms with Gasteiger partial charge in [0.2, 0.25) is 5.91 Å². The predicted octanol–water partition coefficient (Wildman–Crippen LogP) is 2.74. The third kappa shape index (κ3) is 3.31. The molecule has 2 aliphatic rings. The lowest BCUT2D eigenvalue weighted by Gasteiger charge is -2.38. The van der Waals surface area contributed by atoms with Crippen molar-refractivity contribution in [2.24, 2.45) is 5.41 Å². The third-order valence-electron chi connectivity index (χ3n) is 5.84. The van der Waals surface area contributed by atoms with E-state index < -0.39 is 5.97 Å². The molecule has 1 spiro atoms. The van der Waals surface area contributed by atoms with Crippen molar-refractivity contribution in [3.63, 3.8) is 0 Å². The fourth-order valence-electron chi connectivity index (χ4n) is 4.07. The molecule has 0 unspecified atom stereocenters. The van der Waals surface area contributed by atoms with Crippen LogP contribution in [0.3, 0.4) is 0 Å². The highest BCUT2D eigenvalue weighted by Gasteiger charge is 2.46. The Kier molecular flexibility index (Phi) is 4.90. The summed E-state index contributed by atoms with van der Waals surface area (Å²) in [7, 11) is 0. The van der Waals surface area contributed by atoms with E-state index >= 15 is 0 Å². The van der Waals surface area contributed by atoms with E-state index in [1.54, 1.807) is 24.3 Å². The summed E-state index contributed by atoms with van der Waals surface area (Å²) in [6.45, 7) is 4.64. The van der Waals surface area contributed by atoms with Crippen molar-refractivity contribution in [1.29, 1.82) is 0 Å². The molecule has 0 radical (unpaired) electrons. The average Bonchev–Trinajstić information content (AvgIpc) is 2.90. The van der Waals surface area contributed by atoms with Crippen LogP contribution in [0.4, 0.5) is 0 Å². The number of carbonyl (C=O) groups is 2. The summed E-state index contributed by atoms with van der Waals surface area (Å²) in [6.07, 6.45) is 4.31. The van der Waals surface area contributed by atoms with Crippen molar-refractivity contribution in [2.75, 3.05) is 19.8 Å². The highest BCUT2D eigenvalue weighted by Crippen LogP contribution is 2.44. The molecule has 5 heteroatoms. The molecule has 2 aliphatic heterocycles. The number of nitrogens with zero attached hydrogens (tertiary/aromatic N) is 1. The number of aryl methyl sites for hydroxylation is 1. The number of aromatic carboxylic acids is 1.